The number of hydrogen-bond acceptors (Lipinski definition) is 5. The van der Waals surface area contributed by atoms with Crippen molar-refractivity contribution >= 4 is 39.1 Å². The molecule has 0 heterocycles. The van der Waals surface area contributed by atoms with Crippen molar-refractivity contribution in [3.63, 3.8) is 0 Å². The van der Waals surface area contributed by atoms with E-state index in [0.29, 0.717) is 23.1 Å². The molecule has 1 aliphatic rings. The molecular weight excluding hydrogens is 646 g/mol. The first-order chi connectivity index (χ1) is 23.1. The van der Waals surface area contributed by atoms with Crippen LogP contribution in [-0.2, 0) is 32.6 Å². The second-order valence-electron chi connectivity index (χ2n) is 12.1. The third-order valence-corrected chi connectivity index (χ3v) is 10.6. The number of amides is 2. The predicted molar refractivity (Wildman–Crippen MR) is 190 cm³/mol. The average Bonchev–Trinajstić information content (AvgIpc) is 3.59. The van der Waals surface area contributed by atoms with E-state index >= 15 is 0 Å². The maximum Gasteiger partial charge on any atom is 0.264 e. The van der Waals surface area contributed by atoms with E-state index in [9.17, 15) is 18.0 Å². The van der Waals surface area contributed by atoms with Crippen LogP contribution in [0.15, 0.2) is 108 Å². The van der Waals surface area contributed by atoms with Gasteiger partial charge in [0.2, 0.25) is 11.8 Å². The van der Waals surface area contributed by atoms with E-state index in [1.54, 1.807) is 54.6 Å². The number of carbonyl (C=O) groups excluding carboxylic acids is 2. The number of hydrogen-bond donors (Lipinski definition) is 1. The Hall–Kier alpha value is -4.34. The first-order valence-electron chi connectivity index (χ1n) is 16.3. The second-order valence-corrected chi connectivity index (χ2v) is 14.4. The monoisotopic (exact) mass is 687 g/mol. The molecule has 0 spiro atoms. The van der Waals surface area contributed by atoms with Crippen molar-refractivity contribution in [2.45, 2.75) is 69.5 Å². The minimum absolute atomic E-state index is 0.0289. The fourth-order valence-electron chi connectivity index (χ4n) is 5.99. The van der Waals surface area contributed by atoms with Gasteiger partial charge in [-0.15, -0.1) is 0 Å². The minimum Gasteiger partial charge on any atom is -0.494 e. The molecule has 252 valence electrons. The molecule has 48 heavy (non-hydrogen) atoms. The Balaban J connectivity index is 1.56. The molecule has 4 aromatic rings. The zero-order chi connectivity index (χ0) is 34.1. The molecule has 0 saturated heterocycles. The predicted octanol–water partition coefficient (Wildman–Crippen LogP) is 6.94. The Kier molecular flexibility index (Phi) is 11.8. The minimum atomic E-state index is -4.20. The molecule has 1 unspecified atom stereocenters. The Morgan fingerprint density at radius 1 is 0.896 bits per heavy atom. The van der Waals surface area contributed by atoms with Crippen molar-refractivity contribution in [1.82, 2.24) is 10.2 Å². The summed E-state index contributed by atoms with van der Waals surface area (Å²) < 4.78 is 35.2. The van der Waals surface area contributed by atoms with E-state index < -0.39 is 28.5 Å². The topological polar surface area (TPSA) is 96.0 Å². The van der Waals surface area contributed by atoms with Crippen molar-refractivity contribution in [2.75, 3.05) is 17.5 Å². The van der Waals surface area contributed by atoms with Gasteiger partial charge < -0.3 is 15.0 Å². The van der Waals surface area contributed by atoms with Gasteiger partial charge >= 0.3 is 0 Å². The fourth-order valence-corrected chi connectivity index (χ4v) is 7.62. The van der Waals surface area contributed by atoms with Crippen molar-refractivity contribution in [1.29, 1.82) is 0 Å². The van der Waals surface area contributed by atoms with E-state index in [2.05, 4.69) is 5.32 Å². The molecule has 0 bridgehead atoms. The molecule has 1 atom stereocenters. The number of halogens is 1. The zero-order valence-electron chi connectivity index (χ0n) is 27.3. The number of rotatable bonds is 14. The van der Waals surface area contributed by atoms with E-state index in [1.807, 2.05) is 50.2 Å². The van der Waals surface area contributed by atoms with Crippen LogP contribution in [-0.4, -0.2) is 50.4 Å². The van der Waals surface area contributed by atoms with E-state index in [4.69, 9.17) is 16.3 Å². The molecule has 0 aliphatic heterocycles. The summed E-state index contributed by atoms with van der Waals surface area (Å²) in [6.45, 7) is 3.71. The molecule has 1 fully saturated rings. The number of aryl methyl sites for hydroxylation is 1. The summed E-state index contributed by atoms with van der Waals surface area (Å²) in [5.74, 6) is -0.216. The van der Waals surface area contributed by atoms with Crippen LogP contribution in [0, 0.1) is 6.92 Å². The zero-order valence-corrected chi connectivity index (χ0v) is 28.9. The highest BCUT2D eigenvalue weighted by molar-refractivity contribution is 7.92. The number of nitrogens with zero attached hydrogens (tertiary/aromatic N) is 2. The number of sulfonamides is 1. The highest BCUT2D eigenvalue weighted by atomic mass is 35.5. The summed E-state index contributed by atoms with van der Waals surface area (Å²) in [6.07, 6.45) is 4.08. The van der Waals surface area contributed by atoms with Crippen LogP contribution in [0.5, 0.6) is 5.75 Å². The number of benzene rings is 4. The standard InChI is InChI=1S/C38H42ClN3O5S/c1-3-47-34-20-18-33(19-21-34)42(48(45,46)35-22-16-28(2)17-23-35)27-37(43)41(26-30-12-9-13-31(39)24-30)36(25-29-10-5-4-6-11-29)38(44)40-32-14-7-8-15-32/h4-6,9-13,16-24,32,36H,3,7-8,14-15,25-27H2,1-2H3,(H,40,44). The van der Waals surface area contributed by atoms with Gasteiger partial charge in [-0.05, 0) is 86.3 Å². The third kappa shape index (κ3) is 8.96. The number of ether oxygens (including phenoxy) is 1. The van der Waals surface area contributed by atoms with Crippen LogP contribution in [0.25, 0.3) is 0 Å². The lowest BCUT2D eigenvalue weighted by atomic mass is 10.0. The van der Waals surface area contributed by atoms with Gasteiger partial charge in [-0.1, -0.05) is 84.6 Å². The van der Waals surface area contributed by atoms with Crippen molar-refractivity contribution in [3.05, 3.63) is 125 Å². The van der Waals surface area contributed by atoms with E-state index in [0.717, 1.165) is 46.7 Å². The number of carbonyl (C=O) groups is 2. The maximum absolute atomic E-state index is 14.7. The molecule has 4 aromatic carbocycles. The van der Waals surface area contributed by atoms with Gasteiger partial charge in [-0.25, -0.2) is 8.42 Å². The first-order valence-corrected chi connectivity index (χ1v) is 18.2. The molecule has 0 radical (unpaired) electrons. The van der Waals surface area contributed by atoms with Crippen molar-refractivity contribution in [2.24, 2.45) is 0 Å². The lowest BCUT2D eigenvalue weighted by molar-refractivity contribution is -0.140. The van der Waals surface area contributed by atoms with E-state index in [1.165, 1.54) is 17.0 Å². The summed E-state index contributed by atoms with van der Waals surface area (Å²) >= 11 is 6.35. The Morgan fingerprint density at radius 2 is 1.56 bits per heavy atom. The molecule has 0 aromatic heterocycles. The smallest absolute Gasteiger partial charge is 0.264 e. The Labute approximate surface area is 288 Å². The van der Waals surface area contributed by atoms with Gasteiger partial charge in [-0.2, -0.15) is 0 Å². The van der Waals surface area contributed by atoms with Crippen LogP contribution in [0.1, 0.15) is 49.3 Å². The molecule has 8 nitrogen and oxygen atoms in total. The molecular formula is C38H42ClN3O5S. The summed E-state index contributed by atoms with van der Waals surface area (Å²) in [6, 6.07) is 28.9. The molecule has 2 amide bonds. The molecule has 10 heteroatoms. The van der Waals surface area contributed by atoms with Crippen LogP contribution in [0.4, 0.5) is 5.69 Å². The summed E-state index contributed by atoms with van der Waals surface area (Å²) in [7, 11) is -4.20. The third-order valence-electron chi connectivity index (χ3n) is 8.54. The lowest BCUT2D eigenvalue weighted by Crippen LogP contribution is -2.54. The number of anilines is 1. The van der Waals surface area contributed by atoms with Gasteiger partial charge in [-0.3, -0.25) is 13.9 Å². The molecule has 5 rings (SSSR count). The Bertz CT molecular complexity index is 1780. The lowest BCUT2D eigenvalue weighted by Gasteiger charge is -2.34. The SMILES string of the molecule is CCOc1ccc(N(CC(=O)N(Cc2cccc(Cl)c2)C(Cc2ccccc2)C(=O)NC2CCCC2)S(=O)(=O)c2ccc(C)cc2)cc1. The van der Waals surface area contributed by atoms with Crippen molar-refractivity contribution in [3.8, 4) is 5.75 Å². The fraction of sp³-hybridized carbons (Fsp3) is 0.316. The van der Waals surface area contributed by atoms with Gasteiger partial charge in [0.15, 0.2) is 0 Å². The van der Waals surface area contributed by atoms with Crippen molar-refractivity contribution < 1.29 is 22.7 Å². The van der Waals surface area contributed by atoms with Crippen LogP contribution < -0.4 is 14.4 Å². The Morgan fingerprint density at radius 3 is 2.21 bits per heavy atom. The van der Waals surface area contributed by atoms with Crippen LogP contribution in [0.3, 0.4) is 0 Å². The van der Waals surface area contributed by atoms with Crippen LogP contribution in [0.2, 0.25) is 5.02 Å². The van der Waals surface area contributed by atoms with Gasteiger partial charge in [0.25, 0.3) is 10.0 Å². The summed E-state index contributed by atoms with van der Waals surface area (Å²) in [5, 5.41) is 3.69. The maximum atomic E-state index is 14.7. The first kappa shape index (κ1) is 35.0. The molecule has 1 N–H and O–H groups in total. The van der Waals surface area contributed by atoms with Gasteiger partial charge in [0.05, 0.1) is 17.2 Å². The summed E-state index contributed by atoms with van der Waals surface area (Å²) in [4.78, 5) is 30.4. The van der Waals surface area contributed by atoms with Gasteiger partial charge in [0.1, 0.15) is 18.3 Å². The quantitative estimate of drug-likeness (QED) is 0.155. The number of nitrogens with one attached hydrogen (secondary N) is 1. The largest absolute Gasteiger partial charge is 0.494 e. The van der Waals surface area contributed by atoms with Gasteiger partial charge in [0, 0.05) is 24.0 Å². The highest BCUT2D eigenvalue weighted by Crippen LogP contribution is 2.28. The average molecular weight is 688 g/mol. The highest BCUT2D eigenvalue weighted by Gasteiger charge is 2.35. The van der Waals surface area contributed by atoms with Crippen LogP contribution >= 0.6 is 11.6 Å². The molecule has 1 aliphatic carbocycles. The molecule has 1 saturated carbocycles. The summed E-state index contributed by atoms with van der Waals surface area (Å²) in [5.41, 5.74) is 2.80. The van der Waals surface area contributed by atoms with E-state index in [-0.39, 0.29) is 29.8 Å². The normalized spacial score (nSPS) is 13.9. The second kappa shape index (κ2) is 16.2.